The number of nitrogens with one attached hydrogen (secondary N) is 2. The fraction of sp³-hybridized carbons (Fsp3) is 0.0909. The number of rotatable bonds is 5. The van der Waals surface area contributed by atoms with Crippen molar-refractivity contribution in [1.82, 2.24) is 9.97 Å². The Morgan fingerprint density at radius 2 is 2.10 bits per heavy atom. The maximum atomic E-state index is 11.1. The third-order valence-corrected chi connectivity index (χ3v) is 2.79. The molecule has 9 nitrogen and oxygen atoms in total. The smallest absolute Gasteiger partial charge is 0.354 e. The fourth-order valence-electron chi connectivity index (χ4n) is 1.65. The third-order valence-electron chi connectivity index (χ3n) is 2.56. The van der Waals surface area contributed by atoms with Gasteiger partial charge in [-0.1, -0.05) is 11.6 Å². The molecule has 4 N–H and O–H groups in total. The number of anilines is 3. The van der Waals surface area contributed by atoms with E-state index >= 15 is 0 Å². The Hall–Kier alpha value is -2.65. The summed E-state index contributed by atoms with van der Waals surface area (Å²) in [5, 5.41) is 14.4. The van der Waals surface area contributed by atoms with E-state index in [0.717, 1.165) is 6.33 Å². The van der Waals surface area contributed by atoms with Gasteiger partial charge in [-0.3, -0.25) is 10.1 Å². The van der Waals surface area contributed by atoms with E-state index in [2.05, 4.69) is 20.7 Å². The predicted molar refractivity (Wildman–Crippen MR) is 77.8 cm³/mol. The summed E-state index contributed by atoms with van der Waals surface area (Å²) in [5.74, 6) is 5.51. The number of ether oxygens (including phenoxy) is 1. The van der Waals surface area contributed by atoms with Crippen LogP contribution in [-0.2, 0) is 0 Å². The normalized spacial score (nSPS) is 10.0. The second-order valence-electron chi connectivity index (χ2n) is 3.79. The number of nitrogens with two attached hydrogens (primary N) is 1. The Kier molecular flexibility index (Phi) is 4.36. The summed E-state index contributed by atoms with van der Waals surface area (Å²) in [7, 11) is 1.47. The predicted octanol–water partition coefficient (Wildman–Crippen LogP) is 2.08. The molecule has 1 aromatic heterocycles. The van der Waals surface area contributed by atoms with Gasteiger partial charge in [0.15, 0.2) is 0 Å². The molecule has 0 unspecified atom stereocenters. The molecule has 2 aromatic rings. The van der Waals surface area contributed by atoms with Gasteiger partial charge in [-0.2, -0.15) is 0 Å². The molecule has 2 rings (SSSR count). The number of hydrogen-bond donors (Lipinski definition) is 3. The summed E-state index contributed by atoms with van der Waals surface area (Å²) in [6, 6.07) is 4.81. The van der Waals surface area contributed by atoms with Crippen molar-refractivity contribution in [2.45, 2.75) is 0 Å². The van der Waals surface area contributed by atoms with Gasteiger partial charge in [0.2, 0.25) is 11.6 Å². The second kappa shape index (κ2) is 6.20. The van der Waals surface area contributed by atoms with Crippen molar-refractivity contribution in [2.75, 3.05) is 17.9 Å². The zero-order valence-electron chi connectivity index (χ0n) is 10.8. The summed E-state index contributed by atoms with van der Waals surface area (Å²) in [4.78, 5) is 18.0. The molecule has 0 saturated heterocycles. The van der Waals surface area contributed by atoms with Crippen LogP contribution in [0.2, 0.25) is 5.02 Å². The standard InChI is InChI=1S/C11H11ClN6O3/c1-21-8-3-2-6(12)4-7(8)16-10-9(18(19)20)11(17-13)15-5-14-10/h2-5H,13H2,1H3,(H2,14,15,16,17). The minimum Gasteiger partial charge on any atom is -0.495 e. The fourth-order valence-corrected chi connectivity index (χ4v) is 1.83. The van der Waals surface area contributed by atoms with Crippen LogP contribution < -0.4 is 21.3 Å². The van der Waals surface area contributed by atoms with E-state index in [9.17, 15) is 10.1 Å². The number of nitrogen functional groups attached to an aromatic ring is 1. The van der Waals surface area contributed by atoms with E-state index in [0.29, 0.717) is 16.5 Å². The van der Waals surface area contributed by atoms with E-state index in [-0.39, 0.29) is 17.3 Å². The largest absolute Gasteiger partial charge is 0.495 e. The molecule has 0 atom stereocenters. The lowest BCUT2D eigenvalue weighted by Crippen LogP contribution is -2.12. The first-order valence-electron chi connectivity index (χ1n) is 5.63. The molecule has 0 aliphatic carbocycles. The number of benzene rings is 1. The third kappa shape index (κ3) is 3.09. The Morgan fingerprint density at radius 3 is 2.71 bits per heavy atom. The summed E-state index contributed by atoms with van der Waals surface area (Å²) in [5.41, 5.74) is 2.19. The van der Waals surface area contributed by atoms with Gasteiger partial charge in [-0.15, -0.1) is 0 Å². The highest BCUT2D eigenvalue weighted by molar-refractivity contribution is 6.31. The lowest BCUT2D eigenvalue weighted by molar-refractivity contribution is -0.383. The van der Waals surface area contributed by atoms with Crippen molar-refractivity contribution in [3.8, 4) is 5.75 Å². The van der Waals surface area contributed by atoms with Crippen LogP contribution in [0.3, 0.4) is 0 Å². The van der Waals surface area contributed by atoms with Gasteiger partial charge in [0.05, 0.1) is 17.7 Å². The first-order chi connectivity index (χ1) is 10.1. The van der Waals surface area contributed by atoms with Crippen molar-refractivity contribution in [3.05, 3.63) is 39.7 Å². The molecule has 0 saturated carbocycles. The molecule has 21 heavy (non-hydrogen) atoms. The van der Waals surface area contributed by atoms with Crippen molar-refractivity contribution in [2.24, 2.45) is 5.84 Å². The van der Waals surface area contributed by atoms with Crippen LogP contribution in [0.5, 0.6) is 5.75 Å². The van der Waals surface area contributed by atoms with Crippen LogP contribution in [-0.4, -0.2) is 22.0 Å². The topological polar surface area (TPSA) is 128 Å². The highest BCUT2D eigenvalue weighted by Crippen LogP contribution is 2.35. The molecule has 0 bridgehead atoms. The summed E-state index contributed by atoms with van der Waals surface area (Å²) in [6.45, 7) is 0. The monoisotopic (exact) mass is 310 g/mol. The van der Waals surface area contributed by atoms with Gasteiger partial charge in [0.25, 0.3) is 0 Å². The van der Waals surface area contributed by atoms with E-state index in [1.165, 1.54) is 7.11 Å². The number of nitrogens with zero attached hydrogens (tertiary/aromatic N) is 3. The highest BCUT2D eigenvalue weighted by atomic mass is 35.5. The van der Waals surface area contributed by atoms with Crippen LogP contribution >= 0.6 is 11.6 Å². The van der Waals surface area contributed by atoms with Crippen LogP contribution in [0.15, 0.2) is 24.5 Å². The zero-order chi connectivity index (χ0) is 15.4. The maximum absolute atomic E-state index is 11.1. The SMILES string of the molecule is COc1ccc(Cl)cc1Nc1ncnc(NN)c1[N+](=O)[O-]. The summed E-state index contributed by atoms with van der Waals surface area (Å²) in [6.07, 6.45) is 1.14. The highest BCUT2D eigenvalue weighted by Gasteiger charge is 2.23. The molecular formula is C11H11ClN6O3. The second-order valence-corrected chi connectivity index (χ2v) is 4.23. The molecule has 0 amide bonds. The number of hydrogen-bond acceptors (Lipinski definition) is 8. The van der Waals surface area contributed by atoms with E-state index < -0.39 is 4.92 Å². The minimum atomic E-state index is -0.644. The molecule has 0 aliphatic heterocycles. The first kappa shape index (κ1) is 14.8. The quantitative estimate of drug-likeness (QED) is 0.435. The van der Waals surface area contributed by atoms with Crippen LogP contribution in [0.1, 0.15) is 0 Å². The summed E-state index contributed by atoms with van der Waals surface area (Å²) < 4.78 is 5.15. The minimum absolute atomic E-state index is 0.0384. The van der Waals surface area contributed by atoms with E-state index in [4.69, 9.17) is 22.2 Å². The molecule has 1 aromatic carbocycles. The average Bonchev–Trinajstić information content (AvgIpc) is 2.47. The molecular weight excluding hydrogens is 300 g/mol. The number of aromatic nitrogens is 2. The lowest BCUT2D eigenvalue weighted by atomic mass is 10.3. The van der Waals surface area contributed by atoms with E-state index in [1.807, 2.05) is 0 Å². The number of halogens is 1. The Labute approximate surface area is 124 Å². The molecule has 10 heteroatoms. The van der Waals surface area contributed by atoms with Crippen molar-refractivity contribution in [3.63, 3.8) is 0 Å². The van der Waals surface area contributed by atoms with Gasteiger partial charge in [0.1, 0.15) is 12.1 Å². The van der Waals surface area contributed by atoms with Crippen molar-refractivity contribution in [1.29, 1.82) is 0 Å². The Morgan fingerprint density at radius 1 is 1.38 bits per heavy atom. The average molecular weight is 311 g/mol. The molecule has 0 aliphatic rings. The van der Waals surface area contributed by atoms with Gasteiger partial charge in [-0.05, 0) is 18.2 Å². The number of nitro groups is 1. The molecule has 0 spiro atoms. The molecule has 0 fully saturated rings. The number of methoxy groups -OCH3 is 1. The summed E-state index contributed by atoms with van der Waals surface area (Å²) >= 11 is 5.91. The maximum Gasteiger partial charge on any atom is 0.354 e. The number of hydrazine groups is 1. The van der Waals surface area contributed by atoms with Gasteiger partial charge in [0, 0.05) is 5.02 Å². The molecule has 1 heterocycles. The zero-order valence-corrected chi connectivity index (χ0v) is 11.6. The van der Waals surface area contributed by atoms with Gasteiger partial charge in [-0.25, -0.2) is 15.8 Å². The van der Waals surface area contributed by atoms with Crippen LogP contribution in [0.4, 0.5) is 23.0 Å². The molecule has 0 radical (unpaired) electrons. The van der Waals surface area contributed by atoms with Gasteiger partial charge >= 0.3 is 5.69 Å². The van der Waals surface area contributed by atoms with Gasteiger partial charge < -0.3 is 15.5 Å². The van der Waals surface area contributed by atoms with E-state index in [1.54, 1.807) is 18.2 Å². The Balaban J connectivity index is 2.49. The van der Waals surface area contributed by atoms with Crippen molar-refractivity contribution < 1.29 is 9.66 Å². The van der Waals surface area contributed by atoms with Crippen molar-refractivity contribution >= 4 is 34.6 Å². The lowest BCUT2D eigenvalue weighted by Gasteiger charge is -2.11. The first-order valence-corrected chi connectivity index (χ1v) is 6.01. The Bertz CT molecular complexity index is 681. The molecule has 110 valence electrons. The van der Waals surface area contributed by atoms with Crippen LogP contribution in [0, 0.1) is 10.1 Å². The van der Waals surface area contributed by atoms with Crippen LogP contribution in [0.25, 0.3) is 0 Å².